The normalized spacial score (nSPS) is 11.8. The van der Waals surface area contributed by atoms with Gasteiger partial charge in [0.25, 0.3) is 0 Å². The summed E-state index contributed by atoms with van der Waals surface area (Å²) in [4.78, 5) is 0. The Morgan fingerprint density at radius 1 is 1.11 bits per heavy atom. The van der Waals surface area contributed by atoms with E-state index in [-0.39, 0.29) is 0 Å². The average molecular weight is 252 g/mol. The second-order valence-corrected chi connectivity index (χ2v) is 4.37. The fourth-order valence-corrected chi connectivity index (χ4v) is 1.90. The van der Waals surface area contributed by atoms with Gasteiger partial charge in [0.15, 0.2) is 0 Å². The van der Waals surface area contributed by atoms with E-state index < -0.39 is 6.10 Å². The zero-order valence-electron chi connectivity index (χ0n) is 10.6. The van der Waals surface area contributed by atoms with Gasteiger partial charge in [-0.15, -0.1) is 0 Å². The standard InChI is InChI=1S/C16H16N2O/c17-10-13-5-4-6-14(9-13)11-18-12-16(19)15-7-2-1-3-8-15/h1-9,16,18-19H,11-12H2/t16-/m0/s1. The molecule has 2 aromatic rings. The minimum atomic E-state index is -0.514. The second-order valence-electron chi connectivity index (χ2n) is 4.37. The average Bonchev–Trinajstić information content (AvgIpc) is 2.48. The zero-order chi connectivity index (χ0) is 13.5. The Labute approximate surface area is 113 Å². The van der Waals surface area contributed by atoms with E-state index in [9.17, 15) is 5.11 Å². The Hall–Kier alpha value is -2.15. The lowest BCUT2D eigenvalue weighted by atomic mass is 10.1. The maximum absolute atomic E-state index is 9.98. The summed E-state index contributed by atoms with van der Waals surface area (Å²) in [6.07, 6.45) is -0.514. The van der Waals surface area contributed by atoms with Gasteiger partial charge < -0.3 is 10.4 Å². The van der Waals surface area contributed by atoms with E-state index in [0.29, 0.717) is 18.7 Å². The third kappa shape index (κ3) is 3.92. The summed E-state index contributed by atoms with van der Waals surface area (Å²) in [5, 5.41) is 22.0. The molecule has 0 radical (unpaired) electrons. The van der Waals surface area contributed by atoms with Crippen LogP contribution in [0.1, 0.15) is 22.8 Å². The summed E-state index contributed by atoms with van der Waals surface area (Å²) < 4.78 is 0. The number of hydrogen-bond donors (Lipinski definition) is 2. The van der Waals surface area contributed by atoms with E-state index >= 15 is 0 Å². The highest BCUT2D eigenvalue weighted by Gasteiger charge is 2.05. The number of hydrogen-bond acceptors (Lipinski definition) is 3. The Morgan fingerprint density at radius 3 is 2.63 bits per heavy atom. The van der Waals surface area contributed by atoms with Crippen LogP contribution in [0.25, 0.3) is 0 Å². The Morgan fingerprint density at radius 2 is 1.89 bits per heavy atom. The Kier molecular flexibility index (Phi) is 4.68. The molecule has 0 amide bonds. The fourth-order valence-electron chi connectivity index (χ4n) is 1.90. The first kappa shape index (κ1) is 13.3. The van der Waals surface area contributed by atoms with Crippen molar-refractivity contribution in [3.05, 3.63) is 71.3 Å². The number of nitriles is 1. The van der Waals surface area contributed by atoms with Crippen molar-refractivity contribution in [2.75, 3.05) is 6.54 Å². The van der Waals surface area contributed by atoms with Gasteiger partial charge in [0.1, 0.15) is 0 Å². The first-order valence-corrected chi connectivity index (χ1v) is 6.22. The van der Waals surface area contributed by atoms with Crippen molar-refractivity contribution in [3.63, 3.8) is 0 Å². The number of aliphatic hydroxyl groups is 1. The SMILES string of the molecule is N#Cc1cccc(CNC[C@H](O)c2ccccc2)c1. The third-order valence-electron chi connectivity index (χ3n) is 2.91. The predicted molar refractivity (Wildman–Crippen MR) is 74.3 cm³/mol. The molecule has 0 fully saturated rings. The van der Waals surface area contributed by atoms with Gasteiger partial charge in [0.2, 0.25) is 0 Å². The van der Waals surface area contributed by atoms with E-state index in [1.165, 1.54) is 0 Å². The summed E-state index contributed by atoms with van der Waals surface area (Å²) in [5.41, 5.74) is 2.60. The Balaban J connectivity index is 1.85. The fraction of sp³-hybridized carbons (Fsp3) is 0.188. The lowest BCUT2D eigenvalue weighted by Gasteiger charge is -2.12. The smallest absolute Gasteiger partial charge is 0.0991 e. The van der Waals surface area contributed by atoms with Crippen LogP contribution in [0.5, 0.6) is 0 Å². The van der Waals surface area contributed by atoms with Crippen LogP contribution in [0.15, 0.2) is 54.6 Å². The molecule has 3 heteroatoms. The first-order chi connectivity index (χ1) is 9.29. The third-order valence-corrected chi connectivity index (χ3v) is 2.91. The van der Waals surface area contributed by atoms with Crippen LogP contribution in [-0.2, 0) is 6.54 Å². The largest absolute Gasteiger partial charge is 0.387 e. The molecule has 0 saturated heterocycles. The number of nitrogens with zero attached hydrogens (tertiary/aromatic N) is 1. The van der Waals surface area contributed by atoms with Gasteiger partial charge in [-0.25, -0.2) is 0 Å². The van der Waals surface area contributed by atoms with Crippen LogP contribution < -0.4 is 5.32 Å². The van der Waals surface area contributed by atoms with Crippen molar-refractivity contribution in [1.29, 1.82) is 5.26 Å². The molecule has 0 heterocycles. The highest BCUT2D eigenvalue weighted by Crippen LogP contribution is 2.11. The minimum absolute atomic E-state index is 0.487. The second kappa shape index (κ2) is 6.69. The molecule has 0 saturated carbocycles. The quantitative estimate of drug-likeness (QED) is 0.859. The molecule has 1 atom stereocenters. The van der Waals surface area contributed by atoms with Gasteiger partial charge in [-0.2, -0.15) is 5.26 Å². The summed E-state index contributed by atoms with van der Waals surface area (Å²) in [6, 6.07) is 19.1. The molecule has 19 heavy (non-hydrogen) atoms. The van der Waals surface area contributed by atoms with Crippen LogP contribution in [-0.4, -0.2) is 11.7 Å². The van der Waals surface area contributed by atoms with Gasteiger partial charge >= 0.3 is 0 Å². The molecule has 0 aliphatic rings. The lowest BCUT2D eigenvalue weighted by Crippen LogP contribution is -2.21. The molecule has 2 aromatic carbocycles. The minimum Gasteiger partial charge on any atom is -0.387 e. The van der Waals surface area contributed by atoms with Crippen LogP contribution in [0.2, 0.25) is 0 Å². The van der Waals surface area contributed by atoms with Gasteiger partial charge in [-0.1, -0.05) is 42.5 Å². The molecule has 0 aromatic heterocycles. The van der Waals surface area contributed by atoms with Crippen molar-refractivity contribution < 1.29 is 5.11 Å². The molecule has 2 rings (SSSR count). The molecule has 0 spiro atoms. The van der Waals surface area contributed by atoms with E-state index in [1.54, 1.807) is 6.07 Å². The molecule has 0 aliphatic heterocycles. The number of rotatable bonds is 5. The summed E-state index contributed by atoms with van der Waals surface area (Å²) >= 11 is 0. The molecule has 96 valence electrons. The summed E-state index contributed by atoms with van der Waals surface area (Å²) in [7, 11) is 0. The highest BCUT2D eigenvalue weighted by molar-refractivity contribution is 5.32. The van der Waals surface area contributed by atoms with E-state index in [2.05, 4.69) is 11.4 Å². The van der Waals surface area contributed by atoms with Crippen LogP contribution in [0.3, 0.4) is 0 Å². The molecule has 3 nitrogen and oxygen atoms in total. The summed E-state index contributed by atoms with van der Waals surface area (Å²) in [6.45, 7) is 1.13. The van der Waals surface area contributed by atoms with Gasteiger partial charge in [0, 0.05) is 13.1 Å². The highest BCUT2D eigenvalue weighted by atomic mass is 16.3. The molecule has 0 unspecified atom stereocenters. The topological polar surface area (TPSA) is 56.0 Å². The van der Waals surface area contributed by atoms with Gasteiger partial charge in [0.05, 0.1) is 17.7 Å². The first-order valence-electron chi connectivity index (χ1n) is 6.22. The lowest BCUT2D eigenvalue weighted by molar-refractivity contribution is 0.174. The van der Waals surface area contributed by atoms with Crippen molar-refractivity contribution in [1.82, 2.24) is 5.32 Å². The van der Waals surface area contributed by atoms with E-state index in [0.717, 1.165) is 11.1 Å². The van der Waals surface area contributed by atoms with Crippen molar-refractivity contribution in [2.45, 2.75) is 12.6 Å². The van der Waals surface area contributed by atoms with Crippen molar-refractivity contribution in [2.24, 2.45) is 0 Å². The van der Waals surface area contributed by atoms with Gasteiger partial charge in [-0.05, 0) is 23.3 Å². The zero-order valence-corrected chi connectivity index (χ0v) is 10.6. The number of benzene rings is 2. The van der Waals surface area contributed by atoms with Crippen molar-refractivity contribution >= 4 is 0 Å². The van der Waals surface area contributed by atoms with Crippen molar-refractivity contribution in [3.8, 4) is 6.07 Å². The number of nitrogens with one attached hydrogen (secondary N) is 1. The van der Waals surface area contributed by atoms with Crippen LogP contribution >= 0.6 is 0 Å². The summed E-state index contributed by atoms with van der Waals surface area (Å²) in [5.74, 6) is 0. The van der Waals surface area contributed by atoms with E-state index in [1.807, 2.05) is 48.5 Å². The molecular weight excluding hydrogens is 236 g/mol. The molecular formula is C16H16N2O. The Bertz CT molecular complexity index is 560. The van der Waals surface area contributed by atoms with E-state index in [4.69, 9.17) is 5.26 Å². The molecule has 0 aliphatic carbocycles. The predicted octanol–water partition coefficient (Wildman–Crippen LogP) is 2.38. The maximum atomic E-state index is 9.98. The molecule has 0 bridgehead atoms. The monoisotopic (exact) mass is 252 g/mol. The van der Waals surface area contributed by atoms with Crippen LogP contribution in [0.4, 0.5) is 0 Å². The van der Waals surface area contributed by atoms with Crippen LogP contribution in [0, 0.1) is 11.3 Å². The maximum Gasteiger partial charge on any atom is 0.0991 e. The molecule has 2 N–H and O–H groups in total. The number of aliphatic hydroxyl groups excluding tert-OH is 1. The van der Waals surface area contributed by atoms with Gasteiger partial charge in [-0.3, -0.25) is 0 Å².